The molecule has 1 amide bonds. The molecule has 3 N–H and O–H groups in total. The number of aromatic amines is 2. The number of nitrogens with one attached hydrogen (secondary N) is 3. The molecule has 0 aliphatic heterocycles. The summed E-state index contributed by atoms with van der Waals surface area (Å²) in [7, 11) is 0. The highest BCUT2D eigenvalue weighted by molar-refractivity contribution is 5.97. The van der Waals surface area contributed by atoms with Crippen molar-refractivity contribution in [2.45, 2.75) is 26.4 Å². The van der Waals surface area contributed by atoms with Gasteiger partial charge in [-0.05, 0) is 32.0 Å². The van der Waals surface area contributed by atoms with Gasteiger partial charge in [0.05, 0.1) is 17.1 Å². The Labute approximate surface area is 135 Å². The van der Waals surface area contributed by atoms with Crippen molar-refractivity contribution in [2.24, 2.45) is 0 Å². The summed E-state index contributed by atoms with van der Waals surface area (Å²) >= 11 is 0. The summed E-state index contributed by atoms with van der Waals surface area (Å²) in [6.45, 7) is 3.92. The molecule has 3 rings (SSSR count). The van der Waals surface area contributed by atoms with Crippen LogP contribution in [-0.4, -0.2) is 30.6 Å². The number of H-pyrrole nitrogens is 2. The number of aromatic nitrogens is 5. The maximum Gasteiger partial charge on any atom is 0.316 e. The number of carbonyl (C=O) groups excluding carboxylic acids is 1. The number of rotatable bonds is 4. The van der Waals surface area contributed by atoms with Crippen LogP contribution in [0, 0.1) is 0 Å². The lowest BCUT2D eigenvalue weighted by Gasteiger charge is -2.12. The zero-order valence-corrected chi connectivity index (χ0v) is 13.2. The number of benzene rings is 1. The Morgan fingerprint density at radius 2 is 2.17 bits per heavy atom. The van der Waals surface area contributed by atoms with Gasteiger partial charge < -0.3 is 14.9 Å². The molecular formula is C15H16N6O3. The Bertz CT molecular complexity index is 1000. The van der Waals surface area contributed by atoms with E-state index in [-0.39, 0.29) is 11.9 Å². The minimum absolute atomic E-state index is 0.323. The van der Waals surface area contributed by atoms with Crippen LogP contribution in [0.25, 0.3) is 11.0 Å². The smallest absolute Gasteiger partial charge is 0.316 e. The highest BCUT2D eigenvalue weighted by atomic mass is 16.2. The molecule has 0 saturated heterocycles. The van der Waals surface area contributed by atoms with Gasteiger partial charge in [-0.3, -0.25) is 19.5 Å². The number of hydrogen-bond acceptors (Lipinski definition) is 5. The van der Waals surface area contributed by atoms with Gasteiger partial charge in [-0.25, -0.2) is 4.98 Å². The van der Waals surface area contributed by atoms with Crippen LogP contribution in [0.5, 0.6) is 0 Å². The fourth-order valence-electron chi connectivity index (χ4n) is 2.51. The Balaban J connectivity index is 1.96. The first-order valence-corrected chi connectivity index (χ1v) is 7.44. The maximum absolute atomic E-state index is 12.4. The first-order chi connectivity index (χ1) is 11.5. The molecule has 0 saturated carbocycles. The maximum atomic E-state index is 12.4. The zero-order chi connectivity index (χ0) is 17.3. The molecule has 0 spiro atoms. The summed E-state index contributed by atoms with van der Waals surface area (Å²) in [5.41, 5.74) is 0.0484. The minimum Gasteiger partial charge on any atom is -0.342 e. The molecular weight excluding hydrogens is 312 g/mol. The first-order valence-electron chi connectivity index (χ1n) is 7.44. The molecule has 1 atom stereocenters. The predicted molar refractivity (Wildman–Crippen MR) is 86.8 cm³/mol. The van der Waals surface area contributed by atoms with Crippen molar-refractivity contribution in [3.63, 3.8) is 0 Å². The molecule has 0 aliphatic rings. The Hall–Kier alpha value is -3.23. The lowest BCUT2D eigenvalue weighted by Crippen LogP contribution is -2.36. The van der Waals surface area contributed by atoms with Gasteiger partial charge in [0.1, 0.15) is 12.2 Å². The van der Waals surface area contributed by atoms with E-state index in [2.05, 4.69) is 25.5 Å². The van der Waals surface area contributed by atoms with Crippen LogP contribution in [0.1, 0.15) is 36.1 Å². The standard InChI is InChI=1S/C15H16N6O3/c1-3-21-11-5-4-9(6-10(11)19-14(23)15(21)24)13(22)18-8(2)12-16-7-17-20-12/h4-8H,3H2,1-2H3,(H,18,22)(H,19,23)(H,16,17,20)/t8-/m1/s1. The van der Waals surface area contributed by atoms with Crippen molar-refractivity contribution in [3.05, 3.63) is 56.6 Å². The SMILES string of the molecule is CCn1c(=O)c(=O)[nH]c2cc(C(=O)N[C@H](C)c3ncn[nH]3)ccc21. The topological polar surface area (TPSA) is 126 Å². The third kappa shape index (κ3) is 2.71. The Morgan fingerprint density at radius 3 is 2.83 bits per heavy atom. The number of fused-ring (bicyclic) bond motifs is 1. The third-order valence-electron chi connectivity index (χ3n) is 3.74. The van der Waals surface area contributed by atoms with E-state index in [1.807, 2.05) is 0 Å². The van der Waals surface area contributed by atoms with E-state index in [4.69, 9.17) is 0 Å². The van der Waals surface area contributed by atoms with Crippen LogP contribution in [0.2, 0.25) is 0 Å². The van der Waals surface area contributed by atoms with E-state index < -0.39 is 11.1 Å². The predicted octanol–water partition coefficient (Wildman–Crippen LogP) is 0.319. The number of nitrogens with zero attached hydrogens (tertiary/aromatic N) is 3. The van der Waals surface area contributed by atoms with E-state index in [1.165, 1.54) is 10.9 Å². The van der Waals surface area contributed by atoms with Gasteiger partial charge in [0.15, 0.2) is 0 Å². The molecule has 0 unspecified atom stereocenters. The molecule has 24 heavy (non-hydrogen) atoms. The summed E-state index contributed by atoms with van der Waals surface area (Å²) in [6, 6.07) is 4.45. The monoisotopic (exact) mass is 328 g/mol. The molecule has 3 aromatic rings. The molecule has 0 aliphatic carbocycles. The summed E-state index contributed by atoms with van der Waals surface area (Å²) in [4.78, 5) is 42.4. The van der Waals surface area contributed by atoms with Crippen molar-refractivity contribution in [3.8, 4) is 0 Å². The van der Waals surface area contributed by atoms with Crippen LogP contribution in [0.4, 0.5) is 0 Å². The lowest BCUT2D eigenvalue weighted by molar-refractivity contribution is 0.0938. The highest BCUT2D eigenvalue weighted by Crippen LogP contribution is 2.13. The molecule has 9 nitrogen and oxygen atoms in total. The molecule has 0 radical (unpaired) electrons. The second kappa shape index (κ2) is 6.11. The van der Waals surface area contributed by atoms with Gasteiger partial charge in [-0.1, -0.05) is 0 Å². The fourth-order valence-corrected chi connectivity index (χ4v) is 2.51. The van der Waals surface area contributed by atoms with Crippen molar-refractivity contribution < 1.29 is 4.79 Å². The van der Waals surface area contributed by atoms with Gasteiger partial charge in [0, 0.05) is 12.1 Å². The molecule has 124 valence electrons. The van der Waals surface area contributed by atoms with Crippen molar-refractivity contribution in [1.82, 2.24) is 30.0 Å². The van der Waals surface area contributed by atoms with Gasteiger partial charge in [0.25, 0.3) is 5.91 Å². The summed E-state index contributed by atoms with van der Waals surface area (Å²) in [5, 5.41) is 9.22. The van der Waals surface area contributed by atoms with Crippen LogP contribution in [0.15, 0.2) is 34.1 Å². The minimum atomic E-state index is -0.711. The third-order valence-corrected chi connectivity index (χ3v) is 3.74. The van der Waals surface area contributed by atoms with Crippen LogP contribution in [-0.2, 0) is 6.54 Å². The van der Waals surface area contributed by atoms with Gasteiger partial charge in [-0.2, -0.15) is 5.10 Å². The number of amides is 1. The van der Waals surface area contributed by atoms with Crippen LogP contribution < -0.4 is 16.4 Å². The number of hydrogen-bond donors (Lipinski definition) is 3. The lowest BCUT2D eigenvalue weighted by atomic mass is 10.1. The van der Waals surface area contributed by atoms with E-state index in [1.54, 1.807) is 32.0 Å². The van der Waals surface area contributed by atoms with Crippen LogP contribution in [0.3, 0.4) is 0 Å². The van der Waals surface area contributed by atoms with Gasteiger partial charge in [0.2, 0.25) is 0 Å². The second-order valence-electron chi connectivity index (χ2n) is 5.30. The normalized spacial score (nSPS) is 12.2. The van der Waals surface area contributed by atoms with Crippen molar-refractivity contribution >= 4 is 16.9 Å². The summed E-state index contributed by atoms with van der Waals surface area (Å²) in [5.74, 6) is 0.216. The molecule has 0 bridgehead atoms. The number of aryl methyl sites for hydroxylation is 1. The largest absolute Gasteiger partial charge is 0.342 e. The second-order valence-corrected chi connectivity index (χ2v) is 5.30. The number of carbonyl (C=O) groups is 1. The molecule has 9 heteroatoms. The van der Waals surface area contributed by atoms with E-state index >= 15 is 0 Å². The highest BCUT2D eigenvalue weighted by Gasteiger charge is 2.15. The Kier molecular flexibility index (Phi) is 3.98. The van der Waals surface area contributed by atoms with Crippen molar-refractivity contribution in [2.75, 3.05) is 0 Å². The summed E-state index contributed by atoms with van der Waals surface area (Å²) < 4.78 is 1.37. The Morgan fingerprint density at radius 1 is 1.38 bits per heavy atom. The van der Waals surface area contributed by atoms with Gasteiger partial charge in [-0.15, -0.1) is 0 Å². The van der Waals surface area contributed by atoms with Crippen molar-refractivity contribution in [1.29, 1.82) is 0 Å². The molecule has 2 heterocycles. The van der Waals surface area contributed by atoms with E-state index in [0.717, 1.165) is 0 Å². The molecule has 1 aromatic carbocycles. The first kappa shape index (κ1) is 15.7. The average Bonchev–Trinajstić information content (AvgIpc) is 3.10. The molecule has 2 aromatic heterocycles. The average molecular weight is 328 g/mol. The van der Waals surface area contributed by atoms with E-state index in [9.17, 15) is 14.4 Å². The quantitative estimate of drug-likeness (QED) is 0.595. The van der Waals surface area contributed by atoms with E-state index in [0.29, 0.717) is 29.0 Å². The zero-order valence-electron chi connectivity index (χ0n) is 13.2. The van der Waals surface area contributed by atoms with Gasteiger partial charge >= 0.3 is 11.1 Å². The summed E-state index contributed by atoms with van der Waals surface area (Å²) in [6.07, 6.45) is 1.36. The van der Waals surface area contributed by atoms with Crippen LogP contribution >= 0.6 is 0 Å². The fraction of sp³-hybridized carbons (Fsp3) is 0.267. The molecule has 0 fully saturated rings.